The molecule has 0 spiro atoms. The van der Waals surface area contributed by atoms with Crippen molar-refractivity contribution in [3.8, 4) is 5.69 Å². The van der Waals surface area contributed by atoms with E-state index in [9.17, 15) is 15.0 Å². The van der Waals surface area contributed by atoms with Gasteiger partial charge in [0.2, 0.25) is 0 Å². The van der Waals surface area contributed by atoms with E-state index in [1.807, 2.05) is 49.7 Å². The van der Waals surface area contributed by atoms with Gasteiger partial charge in [0.05, 0.1) is 11.9 Å². The van der Waals surface area contributed by atoms with E-state index in [4.69, 9.17) is 0 Å². The van der Waals surface area contributed by atoms with Crippen molar-refractivity contribution in [2.75, 3.05) is 0 Å². The Morgan fingerprint density at radius 2 is 1.64 bits per heavy atom. The Morgan fingerprint density at radius 1 is 1.04 bits per heavy atom. The first kappa shape index (κ1) is 26.0. The third-order valence-electron chi connectivity index (χ3n) is 4.47. The molecule has 0 bridgehead atoms. The molecule has 8 heteroatoms. The molecule has 0 aliphatic rings. The fourth-order valence-corrected chi connectivity index (χ4v) is 3.18. The zero-order valence-corrected chi connectivity index (χ0v) is 15.4. The van der Waals surface area contributed by atoms with Crippen LogP contribution in [-0.4, -0.2) is 66.2 Å². The molecule has 3 aromatic rings. The summed E-state index contributed by atoms with van der Waals surface area (Å²) < 4.78 is 1.88. The number of carboxylic acid groups (broad SMARTS) is 1. The van der Waals surface area contributed by atoms with E-state index in [1.165, 1.54) is 0 Å². The second-order valence-corrected chi connectivity index (χ2v) is 6.24. The minimum absolute atomic E-state index is 0. The average Bonchev–Trinajstić information content (AvgIpc) is 3.08. The van der Waals surface area contributed by atoms with Gasteiger partial charge in [0, 0.05) is 18.1 Å². The van der Waals surface area contributed by atoms with Crippen molar-refractivity contribution in [2.24, 2.45) is 0 Å². The van der Waals surface area contributed by atoms with Crippen molar-refractivity contribution in [2.45, 2.75) is 26.9 Å². The predicted octanol–water partition coefficient (Wildman–Crippen LogP) is 1.28. The molecule has 1 atom stereocenters. The van der Waals surface area contributed by atoms with Crippen molar-refractivity contribution in [3.63, 3.8) is 0 Å². The molecule has 0 aliphatic heterocycles. The summed E-state index contributed by atoms with van der Waals surface area (Å²) in [5.41, 5.74) is 5.17. The van der Waals surface area contributed by atoms with Gasteiger partial charge in [0.15, 0.2) is 0 Å². The number of aliphatic hydroxyl groups excluding tert-OH is 1. The van der Waals surface area contributed by atoms with Gasteiger partial charge in [-0.1, -0.05) is 6.07 Å². The molecule has 0 amide bonds. The summed E-state index contributed by atoms with van der Waals surface area (Å²) in [4.78, 5) is 15.3. The molecule has 7 nitrogen and oxygen atoms in total. The molecule has 1 aromatic heterocycles. The van der Waals surface area contributed by atoms with Crippen LogP contribution in [0.4, 0.5) is 0 Å². The number of carbonyl (C=O) groups is 1. The number of imidazole rings is 1. The quantitative estimate of drug-likeness (QED) is 0.641. The summed E-state index contributed by atoms with van der Waals surface area (Å²) in [6.45, 7) is 5.60. The van der Waals surface area contributed by atoms with Crippen LogP contribution in [0.25, 0.3) is 5.69 Å². The third kappa shape index (κ3) is 5.08. The van der Waals surface area contributed by atoms with Crippen molar-refractivity contribution in [1.82, 2.24) is 9.55 Å². The topological polar surface area (TPSA) is 138 Å². The van der Waals surface area contributed by atoms with Crippen LogP contribution in [0.15, 0.2) is 49.1 Å². The van der Waals surface area contributed by atoms with Gasteiger partial charge in [0.1, 0.15) is 6.10 Å². The van der Waals surface area contributed by atoms with Crippen LogP contribution in [-0.2, 0) is 0 Å². The standard InChI is InChI=1S/C20H20N2O3.Na.2H2O.H/c1-12-4-5-16(22-7-6-21-11-22)10-17(12)19(23)18-13(2)8-15(20(24)25)9-14(18)3;;;;/h4-11,19,23H,1-3H3,(H,24,25);;2*1H2;. The van der Waals surface area contributed by atoms with Crippen molar-refractivity contribution >= 4 is 35.5 Å². The number of aromatic nitrogens is 2. The van der Waals surface area contributed by atoms with E-state index >= 15 is 0 Å². The SMILES string of the molecule is Cc1ccc(-n2ccnc2)cc1C(O)c1c(C)cc(C(=O)O)cc1C.O.O.[NaH]. The van der Waals surface area contributed by atoms with Crippen molar-refractivity contribution in [3.05, 3.63) is 82.4 Å². The number of aryl methyl sites for hydroxylation is 3. The fourth-order valence-electron chi connectivity index (χ4n) is 3.18. The van der Waals surface area contributed by atoms with Crippen LogP contribution in [0, 0.1) is 20.8 Å². The monoisotopic (exact) mass is 396 g/mol. The van der Waals surface area contributed by atoms with Gasteiger partial charge in [0.25, 0.3) is 0 Å². The molecule has 6 N–H and O–H groups in total. The molecule has 1 heterocycles. The molecule has 3 rings (SSSR count). The average molecular weight is 396 g/mol. The second kappa shape index (κ2) is 10.5. The van der Waals surface area contributed by atoms with Crippen LogP contribution in [0.5, 0.6) is 0 Å². The number of carboxylic acids is 1. The Hall–Kier alpha value is -2.00. The van der Waals surface area contributed by atoms with E-state index in [0.717, 1.165) is 33.5 Å². The molecule has 0 saturated heterocycles. The first-order valence-electron chi connectivity index (χ1n) is 8.00. The Morgan fingerprint density at radius 3 is 2.14 bits per heavy atom. The first-order chi connectivity index (χ1) is 11.9. The normalized spacial score (nSPS) is 10.9. The summed E-state index contributed by atoms with van der Waals surface area (Å²) in [6.07, 6.45) is 4.43. The molecule has 0 saturated carbocycles. The van der Waals surface area contributed by atoms with Crippen LogP contribution < -0.4 is 0 Å². The van der Waals surface area contributed by atoms with Gasteiger partial charge in [-0.15, -0.1) is 0 Å². The molecule has 2 aromatic carbocycles. The predicted molar refractivity (Wildman–Crippen MR) is 110 cm³/mol. The van der Waals surface area contributed by atoms with Gasteiger partial charge >= 0.3 is 35.5 Å². The number of benzene rings is 2. The van der Waals surface area contributed by atoms with Gasteiger partial charge in [-0.05, 0) is 72.9 Å². The van der Waals surface area contributed by atoms with Crippen LogP contribution in [0.2, 0.25) is 0 Å². The molecule has 0 fully saturated rings. The summed E-state index contributed by atoms with van der Waals surface area (Å²) in [5.74, 6) is -0.967. The number of hydrogen-bond donors (Lipinski definition) is 2. The first-order valence-corrected chi connectivity index (χ1v) is 8.00. The van der Waals surface area contributed by atoms with Gasteiger partial charge in [-0.25, -0.2) is 9.78 Å². The zero-order valence-electron chi connectivity index (χ0n) is 15.4. The Balaban J connectivity index is 0.00000243. The van der Waals surface area contributed by atoms with E-state index in [0.29, 0.717) is 0 Å². The molecule has 146 valence electrons. The van der Waals surface area contributed by atoms with Crippen LogP contribution in [0.3, 0.4) is 0 Å². The number of nitrogens with zero attached hydrogens (tertiary/aromatic N) is 2. The van der Waals surface area contributed by atoms with E-state index in [2.05, 4.69) is 4.98 Å². The zero-order chi connectivity index (χ0) is 18.1. The molecule has 0 aliphatic carbocycles. The molecule has 1 unspecified atom stereocenters. The Kier molecular flexibility index (Phi) is 9.77. The summed E-state index contributed by atoms with van der Waals surface area (Å²) in [5, 5.41) is 20.2. The number of aliphatic hydroxyl groups is 1. The Labute approximate surface area is 185 Å². The molecule has 0 radical (unpaired) electrons. The molecular weight excluding hydrogens is 371 g/mol. The van der Waals surface area contributed by atoms with Gasteiger partial charge in [-0.2, -0.15) is 0 Å². The summed E-state index contributed by atoms with van der Waals surface area (Å²) in [6, 6.07) is 9.07. The van der Waals surface area contributed by atoms with Crippen molar-refractivity contribution in [1.29, 1.82) is 0 Å². The second-order valence-electron chi connectivity index (χ2n) is 6.24. The third-order valence-corrected chi connectivity index (χ3v) is 4.47. The van der Waals surface area contributed by atoms with Crippen LogP contribution in [0.1, 0.15) is 44.3 Å². The van der Waals surface area contributed by atoms with E-state index in [-0.39, 0.29) is 46.1 Å². The van der Waals surface area contributed by atoms with E-state index < -0.39 is 12.1 Å². The molecule has 28 heavy (non-hydrogen) atoms. The maximum absolute atomic E-state index is 11.2. The van der Waals surface area contributed by atoms with Crippen molar-refractivity contribution < 1.29 is 26.0 Å². The maximum atomic E-state index is 11.2. The van der Waals surface area contributed by atoms with Gasteiger partial charge < -0.3 is 25.7 Å². The van der Waals surface area contributed by atoms with Gasteiger partial charge in [-0.3, -0.25) is 0 Å². The fraction of sp³-hybridized carbons (Fsp3) is 0.200. The minimum atomic E-state index is -0.967. The Bertz CT molecular complexity index is 919. The number of aromatic carboxylic acids is 1. The number of rotatable bonds is 4. The van der Waals surface area contributed by atoms with E-state index in [1.54, 1.807) is 24.7 Å². The summed E-state index contributed by atoms with van der Waals surface area (Å²) >= 11 is 0. The number of hydrogen-bond acceptors (Lipinski definition) is 3. The molecular formula is C20H25N2NaO5. The van der Waals surface area contributed by atoms with Crippen LogP contribution >= 0.6 is 0 Å². The summed E-state index contributed by atoms with van der Waals surface area (Å²) in [7, 11) is 0.